The Bertz CT molecular complexity index is 1300. The number of rotatable bonds is 5. The average Bonchev–Trinajstić information content (AvgIpc) is 3.12. The van der Waals surface area contributed by atoms with Gasteiger partial charge in [-0.25, -0.2) is 4.79 Å². The van der Waals surface area contributed by atoms with E-state index in [1.165, 1.54) is 17.0 Å². The highest BCUT2D eigenvalue weighted by atomic mass is 16.5. The van der Waals surface area contributed by atoms with E-state index in [9.17, 15) is 19.2 Å². The number of fused-ring (bicyclic) bond motifs is 2. The van der Waals surface area contributed by atoms with Crippen LogP contribution in [0.1, 0.15) is 33.6 Å². The Balaban J connectivity index is 1.29. The van der Waals surface area contributed by atoms with E-state index >= 15 is 0 Å². The molecule has 33 heavy (non-hydrogen) atoms. The lowest BCUT2D eigenvalue weighted by Crippen LogP contribution is -2.31. The Labute approximate surface area is 190 Å². The molecule has 2 amide bonds. The van der Waals surface area contributed by atoms with Gasteiger partial charge in [-0.15, -0.1) is 0 Å². The summed E-state index contributed by atoms with van der Waals surface area (Å²) in [6, 6.07) is 19.2. The Hall–Kier alpha value is -4.06. The Morgan fingerprint density at radius 3 is 2.21 bits per heavy atom. The number of hydrogen-bond donors (Lipinski definition) is 0. The van der Waals surface area contributed by atoms with Gasteiger partial charge in [0.15, 0.2) is 12.4 Å². The van der Waals surface area contributed by atoms with Gasteiger partial charge in [-0.2, -0.15) is 0 Å². The quantitative estimate of drug-likeness (QED) is 0.256. The summed E-state index contributed by atoms with van der Waals surface area (Å²) in [6.07, 6.45) is 4.95. The number of allylic oxidation sites excluding steroid dienone is 2. The van der Waals surface area contributed by atoms with Crippen molar-refractivity contribution in [3.63, 3.8) is 0 Å². The number of carbonyl (C=O) groups excluding carboxylic acids is 4. The van der Waals surface area contributed by atoms with E-state index in [0.717, 1.165) is 10.8 Å². The standard InChI is InChI=1S/C27H21NO5/c29-24(19-13-12-17-6-1-2-7-18(17)14-19)16-33-27(32)20-8-5-9-21(15-20)28-25(30)22-10-3-4-11-23(22)26(28)31/h1-9,12-15,22-23H,10-11,16H2/t22-,23-/m1/s1. The van der Waals surface area contributed by atoms with Gasteiger partial charge in [0.25, 0.3) is 0 Å². The third-order valence-electron chi connectivity index (χ3n) is 6.25. The summed E-state index contributed by atoms with van der Waals surface area (Å²) in [7, 11) is 0. The van der Waals surface area contributed by atoms with Crippen LogP contribution in [0.4, 0.5) is 5.69 Å². The summed E-state index contributed by atoms with van der Waals surface area (Å²) in [5, 5.41) is 1.95. The predicted molar refractivity (Wildman–Crippen MR) is 123 cm³/mol. The molecule has 1 saturated heterocycles. The highest BCUT2D eigenvalue weighted by Crippen LogP contribution is 2.37. The number of ether oxygens (including phenoxy) is 1. The molecule has 0 spiro atoms. The van der Waals surface area contributed by atoms with Crippen molar-refractivity contribution < 1.29 is 23.9 Å². The number of Topliss-reactive ketones (excluding diaryl/α,β-unsaturated/α-hetero) is 1. The van der Waals surface area contributed by atoms with Gasteiger partial charge in [0.1, 0.15) is 0 Å². The number of esters is 1. The molecule has 164 valence electrons. The van der Waals surface area contributed by atoms with Gasteiger partial charge in [0, 0.05) is 5.56 Å². The van der Waals surface area contributed by atoms with Gasteiger partial charge < -0.3 is 4.74 Å². The molecule has 2 atom stereocenters. The van der Waals surface area contributed by atoms with E-state index in [0.29, 0.717) is 24.1 Å². The first-order valence-electron chi connectivity index (χ1n) is 10.8. The minimum Gasteiger partial charge on any atom is -0.454 e. The summed E-state index contributed by atoms with van der Waals surface area (Å²) in [5.41, 5.74) is 0.974. The molecule has 0 aromatic heterocycles. The molecule has 3 aromatic rings. The SMILES string of the molecule is O=C(COC(=O)c1cccc(N2C(=O)[C@@H]3CC=CC[C@H]3C2=O)c1)c1ccc2ccccc2c1. The van der Waals surface area contributed by atoms with Crippen LogP contribution in [0.25, 0.3) is 10.8 Å². The van der Waals surface area contributed by atoms with Crippen molar-refractivity contribution in [1.29, 1.82) is 0 Å². The van der Waals surface area contributed by atoms with Crippen LogP contribution in [-0.2, 0) is 14.3 Å². The number of benzene rings is 3. The monoisotopic (exact) mass is 439 g/mol. The van der Waals surface area contributed by atoms with Crippen molar-refractivity contribution in [1.82, 2.24) is 0 Å². The van der Waals surface area contributed by atoms with E-state index in [1.54, 1.807) is 24.3 Å². The normalized spacial score (nSPS) is 19.6. The second-order valence-corrected chi connectivity index (χ2v) is 8.28. The molecule has 6 nitrogen and oxygen atoms in total. The molecule has 1 heterocycles. The van der Waals surface area contributed by atoms with E-state index < -0.39 is 12.6 Å². The van der Waals surface area contributed by atoms with E-state index in [1.807, 2.05) is 42.5 Å². The minimum atomic E-state index is -0.691. The van der Waals surface area contributed by atoms with Crippen LogP contribution in [0.3, 0.4) is 0 Å². The van der Waals surface area contributed by atoms with Gasteiger partial charge in [0.2, 0.25) is 11.8 Å². The molecule has 1 aliphatic heterocycles. The summed E-state index contributed by atoms with van der Waals surface area (Å²) < 4.78 is 5.24. The largest absolute Gasteiger partial charge is 0.454 e. The number of imide groups is 1. The molecule has 0 bridgehead atoms. The molecule has 0 saturated carbocycles. The van der Waals surface area contributed by atoms with Crippen molar-refractivity contribution in [2.45, 2.75) is 12.8 Å². The molecule has 5 rings (SSSR count). The molecular weight excluding hydrogens is 418 g/mol. The maximum atomic E-state index is 12.8. The number of carbonyl (C=O) groups is 4. The zero-order valence-corrected chi connectivity index (χ0v) is 17.8. The van der Waals surface area contributed by atoms with E-state index in [4.69, 9.17) is 4.74 Å². The molecular formula is C27H21NO5. The fraction of sp³-hybridized carbons (Fsp3) is 0.185. The number of anilines is 1. The molecule has 1 aliphatic carbocycles. The van der Waals surface area contributed by atoms with Gasteiger partial charge in [-0.3, -0.25) is 19.3 Å². The van der Waals surface area contributed by atoms with Crippen molar-refractivity contribution in [2.75, 3.05) is 11.5 Å². The third kappa shape index (κ3) is 3.84. The fourth-order valence-corrected chi connectivity index (χ4v) is 4.49. The third-order valence-corrected chi connectivity index (χ3v) is 6.25. The molecule has 0 unspecified atom stereocenters. The molecule has 0 N–H and O–H groups in total. The first-order valence-corrected chi connectivity index (χ1v) is 10.8. The maximum absolute atomic E-state index is 12.8. The average molecular weight is 439 g/mol. The molecule has 3 aromatic carbocycles. The zero-order valence-electron chi connectivity index (χ0n) is 17.8. The Kier molecular flexibility index (Phi) is 5.34. The summed E-state index contributed by atoms with van der Waals surface area (Å²) in [4.78, 5) is 51.9. The van der Waals surface area contributed by atoms with Gasteiger partial charge >= 0.3 is 5.97 Å². The predicted octanol–water partition coefficient (Wildman–Crippen LogP) is 4.34. The summed E-state index contributed by atoms with van der Waals surface area (Å²) >= 11 is 0. The lowest BCUT2D eigenvalue weighted by atomic mass is 9.85. The van der Waals surface area contributed by atoms with Crippen molar-refractivity contribution in [3.05, 3.63) is 90.0 Å². The van der Waals surface area contributed by atoms with Gasteiger partial charge in [-0.05, 0) is 47.9 Å². The van der Waals surface area contributed by atoms with Crippen molar-refractivity contribution in [2.24, 2.45) is 11.8 Å². The van der Waals surface area contributed by atoms with Crippen LogP contribution in [-0.4, -0.2) is 30.2 Å². The van der Waals surface area contributed by atoms with E-state index in [2.05, 4.69) is 0 Å². The van der Waals surface area contributed by atoms with Crippen LogP contribution in [0.15, 0.2) is 78.9 Å². The highest BCUT2D eigenvalue weighted by Gasteiger charge is 2.47. The zero-order chi connectivity index (χ0) is 22.9. The van der Waals surface area contributed by atoms with Crippen molar-refractivity contribution in [3.8, 4) is 0 Å². The minimum absolute atomic E-state index is 0.174. The summed E-state index contributed by atoms with van der Waals surface area (Å²) in [5.74, 6) is -2.19. The lowest BCUT2D eigenvalue weighted by molar-refractivity contribution is -0.122. The topological polar surface area (TPSA) is 80.8 Å². The first-order chi connectivity index (χ1) is 16.0. The number of amides is 2. The van der Waals surface area contributed by atoms with Crippen LogP contribution in [0, 0.1) is 11.8 Å². The fourth-order valence-electron chi connectivity index (χ4n) is 4.49. The second-order valence-electron chi connectivity index (χ2n) is 8.28. The van der Waals surface area contributed by atoms with Gasteiger partial charge in [0.05, 0.1) is 23.1 Å². The number of nitrogens with zero attached hydrogens (tertiary/aromatic N) is 1. The molecule has 1 fully saturated rings. The molecule has 6 heteroatoms. The molecule has 2 aliphatic rings. The highest BCUT2D eigenvalue weighted by molar-refractivity contribution is 6.22. The van der Waals surface area contributed by atoms with Crippen molar-refractivity contribution >= 4 is 40.0 Å². The first kappa shape index (κ1) is 20.8. The Morgan fingerprint density at radius 2 is 1.48 bits per heavy atom. The number of ketones is 1. The number of hydrogen-bond acceptors (Lipinski definition) is 5. The smallest absolute Gasteiger partial charge is 0.338 e. The van der Waals surface area contributed by atoms with E-state index in [-0.39, 0.29) is 35.0 Å². The van der Waals surface area contributed by atoms with Crippen LogP contribution in [0.5, 0.6) is 0 Å². The van der Waals surface area contributed by atoms with Gasteiger partial charge in [-0.1, -0.05) is 54.6 Å². The molecule has 0 radical (unpaired) electrons. The van der Waals surface area contributed by atoms with Crippen LogP contribution in [0.2, 0.25) is 0 Å². The second kappa shape index (κ2) is 8.47. The maximum Gasteiger partial charge on any atom is 0.338 e. The summed E-state index contributed by atoms with van der Waals surface area (Å²) in [6.45, 7) is -0.404. The Morgan fingerprint density at radius 1 is 0.788 bits per heavy atom. The lowest BCUT2D eigenvalue weighted by Gasteiger charge is -2.15. The van der Waals surface area contributed by atoms with Crippen LogP contribution < -0.4 is 4.90 Å². The van der Waals surface area contributed by atoms with Crippen LogP contribution >= 0.6 is 0 Å².